The van der Waals surface area contributed by atoms with Gasteiger partial charge in [-0.1, -0.05) is 54.6 Å². The third-order valence-corrected chi connectivity index (χ3v) is 7.42. The van der Waals surface area contributed by atoms with Gasteiger partial charge in [0.25, 0.3) is 5.56 Å². The Morgan fingerprint density at radius 2 is 1.82 bits per heavy atom. The fraction of sp³-hybridized carbons (Fsp3) is 0.290. The van der Waals surface area contributed by atoms with Crippen LogP contribution in [0.2, 0.25) is 0 Å². The standard InChI is InChI=1S/C31H31FN6O2/c1-21-9-12-24-17-27(31(39)33-28(24)16-21)29(30-34-35-36-38(30)20-26-8-5-15-40-26)37(18-22-6-3-2-4-7-22)19-23-10-13-25(32)14-11-23/h2-4,6-7,9-14,16-17,26,29H,5,8,15,18-20H2,1H3,(H,33,39)/t26-,29+/m0/s1. The third-order valence-electron chi connectivity index (χ3n) is 7.42. The highest BCUT2D eigenvalue weighted by molar-refractivity contribution is 5.79. The molecule has 1 aliphatic heterocycles. The van der Waals surface area contributed by atoms with Gasteiger partial charge in [-0.25, -0.2) is 9.07 Å². The van der Waals surface area contributed by atoms with Crippen LogP contribution in [0.15, 0.2) is 83.7 Å². The van der Waals surface area contributed by atoms with Crippen molar-refractivity contribution in [1.82, 2.24) is 30.1 Å². The second-order valence-corrected chi connectivity index (χ2v) is 10.4. The first-order chi connectivity index (χ1) is 19.5. The largest absolute Gasteiger partial charge is 0.376 e. The number of hydrogen-bond donors (Lipinski definition) is 1. The molecule has 0 saturated carbocycles. The molecule has 5 aromatic rings. The van der Waals surface area contributed by atoms with E-state index in [1.165, 1.54) is 12.1 Å². The number of rotatable bonds is 9. The number of aromatic amines is 1. The van der Waals surface area contributed by atoms with E-state index in [4.69, 9.17) is 4.74 Å². The number of aromatic nitrogens is 5. The van der Waals surface area contributed by atoms with Crippen molar-refractivity contribution in [2.75, 3.05) is 6.61 Å². The molecule has 1 saturated heterocycles. The number of fused-ring (bicyclic) bond motifs is 1. The first-order valence-electron chi connectivity index (χ1n) is 13.6. The van der Waals surface area contributed by atoms with Crippen molar-refractivity contribution in [2.24, 2.45) is 0 Å². The number of tetrazole rings is 1. The average Bonchev–Trinajstić information content (AvgIpc) is 3.64. The van der Waals surface area contributed by atoms with Crippen LogP contribution in [0.4, 0.5) is 4.39 Å². The quantitative estimate of drug-likeness (QED) is 0.286. The summed E-state index contributed by atoms with van der Waals surface area (Å²) in [6.45, 7) is 4.18. The fourth-order valence-electron chi connectivity index (χ4n) is 5.43. The Kier molecular flexibility index (Phi) is 7.48. The zero-order valence-corrected chi connectivity index (χ0v) is 22.3. The van der Waals surface area contributed by atoms with Crippen LogP contribution in [0.1, 0.15) is 47.0 Å². The molecule has 3 heterocycles. The maximum Gasteiger partial charge on any atom is 0.253 e. The van der Waals surface area contributed by atoms with Crippen molar-refractivity contribution in [1.29, 1.82) is 0 Å². The molecule has 0 unspecified atom stereocenters. The number of nitrogens with one attached hydrogen (secondary N) is 1. The molecule has 2 atom stereocenters. The molecule has 204 valence electrons. The lowest BCUT2D eigenvalue weighted by Crippen LogP contribution is -2.35. The van der Waals surface area contributed by atoms with Crippen LogP contribution in [-0.4, -0.2) is 42.8 Å². The monoisotopic (exact) mass is 538 g/mol. The van der Waals surface area contributed by atoms with Crippen LogP contribution in [0.5, 0.6) is 0 Å². The van der Waals surface area contributed by atoms with Gasteiger partial charge in [0.2, 0.25) is 0 Å². The summed E-state index contributed by atoms with van der Waals surface area (Å²) in [6.07, 6.45) is 1.95. The highest BCUT2D eigenvalue weighted by Gasteiger charge is 2.32. The number of H-pyrrole nitrogens is 1. The molecule has 6 rings (SSSR count). The van der Waals surface area contributed by atoms with E-state index in [9.17, 15) is 9.18 Å². The molecular formula is C31H31FN6O2. The molecule has 1 N–H and O–H groups in total. The second-order valence-electron chi connectivity index (χ2n) is 10.4. The highest BCUT2D eigenvalue weighted by atomic mass is 19.1. The van der Waals surface area contributed by atoms with Crippen LogP contribution in [-0.2, 0) is 24.4 Å². The summed E-state index contributed by atoms with van der Waals surface area (Å²) in [6, 6.07) is 23.9. The number of nitrogens with zero attached hydrogens (tertiary/aromatic N) is 5. The molecule has 3 aromatic carbocycles. The summed E-state index contributed by atoms with van der Waals surface area (Å²) >= 11 is 0. The molecule has 1 aliphatic rings. The Labute approximate surface area is 231 Å². The SMILES string of the molecule is Cc1ccc2cc([C@H](c3nnnn3C[C@@H]3CCCO3)N(Cc3ccccc3)Cc3ccc(F)cc3)c(=O)[nH]c2c1. The van der Waals surface area contributed by atoms with E-state index in [0.717, 1.165) is 47.0 Å². The van der Waals surface area contributed by atoms with Crippen molar-refractivity contribution in [3.8, 4) is 0 Å². The Hall–Kier alpha value is -4.21. The van der Waals surface area contributed by atoms with Gasteiger partial charge in [0.05, 0.1) is 12.6 Å². The highest BCUT2D eigenvalue weighted by Crippen LogP contribution is 2.31. The number of ether oxygens (including phenoxy) is 1. The van der Waals surface area contributed by atoms with Crippen LogP contribution in [0, 0.1) is 12.7 Å². The van der Waals surface area contributed by atoms with Gasteiger partial charge in [-0.05, 0) is 76.5 Å². The molecular weight excluding hydrogens is 507 g/mol. The Bertz CT molecular complexity index is 1640. The minimum absolute atomic E-state index is 0.0143. The third kappa shape index (κ3) is 5.71. The van der Waals surface area contributed by atoms with Crippen LogP contribution in [0.3, 0.4) is 0 Å². The Morgan fingerprint density at radius 3 is 2.58 bits per heavy atom. The molecule has 40 heavy (non-hydrogen) atoms. The second kappa shape index (κ2) is 11.5. The van der Waals surface area contributed by atoms with Crippen LogP contribution >= 0.6 is 0 Å². The number of aryl methyl sites for hydroxylation is 1. The number of benzene rings is 3. The molecule has 0 aliphatic carbocycles. The fourth-order valence-corrected chi connectivity index (χ4v) is 5.43. The molecule has 1 fully saturated rings. The summed E-state index contributed by atoms with van der Waals surface area (Å²) in [5.41, 5.74) is 4.16. The van der Waals surface area contributed by atoms with Gasteiger partial charge in [0.15, 0.2) is 5.82 Å². The lowest BCUT2D eigenvalue weighted by atomic mass is 10.0. The smallest absolute Gasteiger partial charge is 0.253 e. The number of pyridine rings is 1. The maximum atomic E-state index is 13.8. The first-order valence-corrected chi connectivity index (χ1v) is 13.6. The van der Waals surface area contributed by atoms with E-state index >= 15 is 0 Å². The van der Waals surface area contributed by atoms with Crippen molar-refractivity contribution in [3.05, 3.63) is 123 Å². The normalized spacial score (nSPS) is 16.1. The Morgan fingerprint density at radius 1 is 1.05 bits per heavy atom. The number of halogens is 1. The summed E-state index contributed by atoms with van der Waals surface area (Å²) in [5.74, 6) is 0.266. The van der Waals surface area contributed by atoms with Gasteiger partial charge in [0, 0.05) is 30.8 Å². The Balaban J connectivity index is 1.50. The lowest BCUT2D eigenvalue weighted by Gasteiger charge is -2.31. The number of hydrogen-bond acceptors (Lipinski definition) is 6. The zero-order chi connectivity index (χ0) is 27.5. The van der Waals surface area contributed by atoms with Gasteiger partial charge in [-0.15, -0.1) is 5.10 Å². The predicted octanol–water partition coefficient (Wildman–Crippen LogP) is 4.93. The van der Waals surface area contributed by atoms with Gasteiger partial charge < -0.3 is 9.72 Å². The minimum atomic E-state index is -0.587. The van der Waals surface area contributed by atoms with Gasteiger partial charge in [-0.3, -0.25) is 9.69 Å². The van der Waals surface area contributed by atoms with Crippen LogP contribution < -0.4 is 5.56 Å². The van der Waals surface area contributed by atoms with E-state index in [1.807, 2.05) is 49.4 Å². The first kappa shape index (κ1) is 26.0. The summed E-state index contributed by atoms with van der Waals surface area (Å²) in [7, 11) is 0. The summed E-state index contributed by atoms with van der Waals surface area (Å²) in [5, 5.41) is 13.8. The predicted molar refractivity (Wildman–Crippen MR) is 150 cm³/mol. The van der Waals surface area contributed by atoms with E-state index in [1.54, 1.807) is 16.8 Å². The van der Waals surface area contributed by atoms with E-state index < -0.39 is 6.04 Å². The molecule has 0 bridgehead atoms. The van der Waals surface area contributed by atoms with E-state index in [0.29, 0.717) is 31.0 Å². The van der Waals surface area contributed by atoms with Crippen LogP contribution in [0.25, 0.3) is 10.9 Å². The molecule has 2 aromatic heterocycles. The molecule has 0 amide bonds. The van der Waals surface area contributed by atoms with Gasteiger partial charge in [-0.2, -0.15) is 0 Å². The molecule has 8 nitrogen and oxygen atoms in total. The van der Waals surface area contributed by atoms with Gasteiger partial charge in [0.1, 0.15) is 11.9 Å². The zero-order valence-electron chi connectivity index (χ0n) is 22.3. The van der Waals surface area contributed by atoms with Crippen molar-refractivity contribution < 1.29 is 9.13 Å². The van der Waals surface area contributed by atoms with E-state index in [-0.39, 0.29) is 17.5 Å². The maximum absolute atomic E-state index is 13.8. The van der Waals surface area contributed by atoms with Crippen molar-refractivity contribution in [3.63, 3.8) is 0 Å². The molecule has 9 heteroatoms. The van der Waals surface area contributed by atoms with Gasteiger partial charge >= 0.3 is 0 Å². The van der Waals surface area contributed by atoms with E-state index in [2.05, 4.69) is 37.5 Å². The lowest BCUT2D eigenvalue weighted by molar-refractivity contribution is 0.0903. The van der Waals surface area contributed by atoms with Crippen molar-refractivity contribution in [2.45, 2.75) is 51.5 Å². The average molecular weight is 539 g/mol. The minimum Gasteiger partial charge on any atom is -0.376 e. The molecule has 0 radical (unpaired) electrons. The summed E-state index contributed by atoms with van der Waals surface area (Å²) < 4.78 is 21.4. The molecule has 0 spiro atoms. The summed E-state index contributed by atoms with van der Waals surface area (Å²) in [4.78, 5) is 19.0. The topological polar surface area (TPSA) is 88.9 Å². The van der Waals surface area contributed by atoms with Crippen molar-refractivity contribution >= 4 is 10.9 Å².